The van der Waals surface area contributed by atoms with Crippen LogP contribution in [0.2, 0.25) is 0 Å². The quantitative estimate of drug-likeness (QED) is 0.413. The van der Waals surface area contributed by atoms with E-state index in [9.17, 15) is 0 Å². The lowest BCUT2D eigenvalue weighted by molar-refractivity contribution is 0.112. The summed E-state index contributed by atoms with van der Waals surface area (Å²) in [5.41, 5.74) is 3.25. The molecule has 6 heteroatoms. The van der Waals surface area contributed by atoms with Gasteiger partial charge in [0.05, 0.1) is 5.69 Å². The first-order valence-corrected chi connectivity index (χ1v) is 10.0. The lowest BCUT2D eigenvalue weighted by atomic mass is 10.1. The minimum atomic E-state index is -0.189. The Morgan fingerprint density at radius 1 is 1.11 bits per heavy atom. The third-order valence-corrected chi connectivity index (χ3v) is 5.53. The number of hydrogen-bond acceptors (Lipinski definition) is 4. The van der Waals surface area contributed by atoms with Crippen molar-refractivity contribution in [2.45, 2.75) is 26.4 Å². The summed E-state index contributed by atoms with van der Waals surface area (Å²) in [6.45, 7) is 4.10. The van der Waals surface area contributed by atoms with E-state index in [4.69, 9.17) is 14.8 Å². The number of halogens is 1. The van der Waals surface area contributed by atoms with Gasteiger partial charge in [0.15, 0.2) is 11.6 Å². The van der Waals surface area contributed by atoms with E-state index in [1.807, 2.05) is 17.8 Å². The Hall–Kier alpha value is -2.57. The molecular formula is C22H21BrN4O. The number of pyridine rings is 1. The monoisotopic (exact) mass is 436 g/mol. The largest absolute Gasteiger partial charge is 0.374 e. The van der Waals surface area contributed by atoms with Crippen molar-refractivity contribution in [2.24, 2.45) is 0 Å². The van der Waals surface area contributed by atoms with Crippen LogP contribution in [0.4, 0.5) is 0 Å². The van der Waals surface area contributed by atoms with E-state index in [-0.39, 0.29) is 6.10 Å². The summed E-state index contributed by atoms with van der Waals surface area (Å²) in [4.78, 5) is 9.04. The fraction of sp³-hybridized carbons (Fsp3) is 0.227. The first kappa shape index (κ1) is 18.8. The van der Waals surface area contributed by atoms with Crippen molar-refractivity contribution in [3.8, 4) is 17.1 Å². The maximum Gasteiger partial charge on any atom is 0.180 e. The van der Waals surface area contributed by atoms with Crippen molar-refractivity contribution >= 4 is 26.7 Å². The molecule has 4 aromatic rings. The molecule has 0 fully saturated rings. The molecule has 0 aliphatic carbocycles. The fourth-order valence-electron chi connectivity index (χ4n) is 3.11. The van der Waals surface area contributed by atoms with Crippen LogP contribution in [0.1, 0.15) is 31.3 Å². The number of nitrogens with zero attached hydrogens (tertiary/aromatic N) is 4. The zero-order valence-corrected chi connectivity index (χ0v) is 17.6. The van der Waals surface area contributed by atoms with Gasteiger partial charge in [-0.15, -0.1) is 5.10 Å². The second-order valence-electron chi connectivity index (χ2n) is 6.66. The number of aryl methyl sites for hydroxylation is 1. The van der Waals surface area contributed by atoms with Crippen LogP contribution in [0.5, 0.6) is 0 Å². The molecule has 5 nitrogen and oxygen atoms in total. The first-order valence-electron chi connectivity index (χ1n) is 9.23. The summed E-state index contributed by atoms with van der Waals surface area (Å²) in [6, 6.07) is 14.6. The molecule has 0 amide bonds. The Morgan fingerprint density at radius 3 is 2.61 bits per heavy atom. The number of rotatable bonds is 5. The molecule has 28 heavy (non-hydrogen) atoms. The molecular weight excluding hydrogens is 416 g/mol. The highest BCUT2D eigenvalue weighted by atomic mass is 79.9. The summed E-state index contributed by atoms with van der Waals surface area (Å²) in [7, 11) is 1.67. The second-order valence-corrected chi connectivity index (χ2v) is 7.51. The van der Waals surface area contributed by atoms with Crippen LogP contribution in [0.15, 0.2) is 59.3 Å². The molecule has 0 saturated carbocycles. The van der Waals surface area contributed by atoms with E-state index >= 15 is 0 Å². The molecule has 1 atom stereocenters. The maximum absolute atomic E-state index is 5.45. The van der Waals surface area contributed by atoms with Crippen molar-refractivity contribution in [2.75, 3.05) is 7.11 Å². The standard InChI is InChI=1S/C22H21BrN4O/c1-4-15-5-9-18(10-6-15)27-22(25-21(26-27)14(2)28-3)16-7-8-17-12-24-13-20(23)19(17)11-16/h5-14H,4H2,1-3H3. The average molecular weight is 437 g/mol. The van der Waals surface area contributed by atoms with Crippen LogP contribution in [-0.2, 0) is 11.2 Å². The molecule has 0 spiro atoms. The Balaban J connectivity index is 1.89. The van der Waals surface area contributed by atoms with Crippen molar-refractivity contribution in [3.63, 3.8) is 0 Å². The highest BCUT2D eigenvalue weighted by molar-refractivity contribution is 9.10. The van der Waals surface area contributed by atoms with Gasteiger partial charge < -0.3 is 4.74 Å². The third kappa shape index (κ3) is 3.45. The Kier molecular flexibility index (Phi) is 5.24. The van der Waals surface area contributed by atoms with Crippen LogP contribution in [0.25, 0.3) is 27.8 Å². The van der Waals surface area contributed by atoms with Gasteiger partial charge in [-0.3, -0.25) is 4.98 Å². The SMILES string of the molecule is CCc1ccc(-n2nc(C(C)OC)nc2-c2ccc3cncc(Br)c3c2)cc1. The second kappa shape index (κ2) is 7.81. The number of hydrogen-bond donors (Lipinski definition) is 0. The molecule has 0 aliphatic heterocycles. The van der Waals surface area contributed by atoms with Gasteiger partial charge in [0.1, 0.15) is 6.10 Å². The average Bonchev–Trinajstić information content (AvgIpc) is 3.19. The lowest BCUT2D eigenvalue weighted by Gasteiger charge is -2.08. The Labute approximate surface area is 172 Å². The maximum atomic E-state index is 5.45. The van der Waals surface area contributed by atoms with Gasteiger partial charge in [-0.25, -0.2) is 9.67 Å². The first-order chi connectivity index (χ1) is 13.6. The molecule has 2 aromatic heterocycles. The van der Waals surface area contributed by atoms with Gasteiger partial charge in [-0.1, -0.05) is 31.2 Å². The molecule has 0 saturated heterocycles. The zero-order valence-electron chi connectivity index (χ0n) is 16.1. The summed E-state index contributed by atoms with van der Waals surface area (Å²) < 4.78 is 8.29. The van der Waals surface area contributed by atoms with Crippen LogP contribution in [-0.4, -0.2) is 26.9 Å². The molecule has 4 rings (SSSR count). The van der Waals surface area contributed by atoms with Crippen LogP contribution < -0.4 is 0 Å². The highest BCUT2D eigenvalue weighted by Crippen LogP contribution is 2.30. The molecule has 2 heterocycles. The van der Waals surface area contributed by atoms with Crippen LogP contribution >= 0.6 is 15.9 Å². The van der Waals surface area contributed by atoms with Gasteiger partial charge in [-0.2, -0.15) is 0 Å². The highest BCUT2D eigenvalue weighted by Gasteiger charge is 2.18. The number of aromatic nitrogens is 4. The number of benzene rings is 2. The minimum Gasteiger partial charge on any atom is -0.374 e. The minimum absolute atomic E-state index is 0.189. The van der Waals surface area contributed by atoms with Gasteiger partial charge >= 0.3 is 0 Å². The smallest absolute Gasteiger partial charge is 0.180 e. The molecule has 0 radical (unpaired) electrons. The van der Waals surface area contributed by atoms with Crippen molar-refractivity contribution in [1.82, 2.24) is 19.7 Å². The van der Waals surface area contributed by atoms with Crippen molar-refractivity contribution in [1.29, 1.82) is 0 Å². The van der Waals surface area contributed by atoms with E-state index in [0.717, 1.165) is 38.7 Å². The van der Waals surface area contributed by atoms with Crippen molar-refractivity contribution < 1.29 is 4.74 Å². The van der Waals surface area contributed by atoms with Crippen LogP contribution in [0.3, 0.4) is 0 Å². The summed E-state index contributed by atoms with van der Waals surface area (Å²) in [5, 5.41) is 6.90. The fourth-order valence-corrected chi connectivity index (χ4v) is 3.57. The predicted molar refractivity (Wildman–Crippen MR) is 115 cm³/mol. The van der Waals surface area contributed by atoms with Crippen LogP contribution in [0, 0.1) is 0 Å². The summed E-state index contributed by atoms with van der Waals surface area (Å²) >= 11 is 3.60. The van der Waals surface area contributed by atoms with Gasteiger partial charge in [0.2, 0.25) is 0 Å². The Bertz CT molecular complexity index is 1120. The number of ether oxygens (including phenoxy) is 1. The molecule has 0 bridgehead atoms. The summed E-state index contributed by atoms with van der Waals surface area (Å²) in [6.07, 6.45) is 4.48. The van der Waals surface area contributed by atoms with E-state index in [2.05, 4.69) is 70.3 Å². The summed E-state index contributed by atoms with van der Waals surface area (Å²) in [5.74, 6) is 1.44. The van der Waals surface area contributed by atoms with Gasteiger partial charge in [-0.05, 0) is 58.4 Å². The molecule has 0 aliphatic rings. The topological polar surface area (TPSA) is 52.8 Å². The van der Waals surface area contributed by atoms with E-state index in [1.54, 1.807) is 13.3 Å². The number of methoxy groups -OCH3 is 1. The Morgan fingerprint density at radius 2 is 1.89 bits per heavy atom. The van der Waals surface area contributed by atoms with Gasteiger partial charge in [0, 0.05) is 34.9 Å². The predicted octanol–water partition coefficient (Wildman–Crippen LogP) is 5.51. The van der Waals surface area contributed by atoms with E-state index < -0.39 is 0 Å². The zero-order chi connectivity index (χ0) is 19.7. The van der Waals surface area contributed by atoms with Gasteiger partial charge in [0.25, 0.3) is 0 Å². The molecule has 142 valence electrons. The molecule has 1 unspecified atom stereocenters. The van der Waals surface area contributed by atoms with E-state index in [1.165, 1.54) is 5.56 Å². The third-order valence-electron chi connectivity index (χ3n) is 4.90. The van der Waals surface area contributed by atoms with Crippen molar-refractivity contribution in [3.05, 3.63) is 70.7 Å². The molecule has 2 aromatic carbocycles. The van der Waals surface area contributed by atoms with E-state index in [0.29, 0.717) is 5.82 Å². The lowest BCUT2D eigenvalue weighted by Crippen LogP contribution is -2.02. The number of fused-ring (bicyclic) bond motifs is 1. The normalized spacial score (nSPS) is 12.4. The molecule has 0 N–H and O–H groups in total.